The van der Waals surface area contributed by atoms with E-state index in [2.05, 4.69) is 20.1 Å². The number of thiophene rings is 1. The van der Waals surface area contributed by atoms with Gasteiger partial charge in [-0.3, -0.25) is 0 Å². The number of imidazole rings is 1. The maximum absolute atomic E-state index is 12.4. The Bertz CT molecular complexity index is 992. The average Bonchev–Trinajstić information content (AvgIpc) is 3.27. The van der Waals surface area contributed by atoms with E-state index in [0.29, 0.717) is 22.8 Å². The van der Waals surface area contributed by atoms with Crippen molar-refractivity contribution < 1.29 is 17.9 Å². The molecular weight excluding hydrogens is 385 g/mol. The number of ether oxygens (including phenoxy) is 1. The molecule has 0 saturated heterocycles. The molecule has 26 heavy (non-hydrogen) atoms. The average molecular weight is 396 g/mol. The van der Waals surface area contributed by atoms with Gasteiger partial charge in [0.1, 0.15) is 5.75 Å². The Kier molecular flexibility index (Phi) is 4.29. The Hall–Kier alpha value is -2.59. The van der Waals surface area contributed by atoms with Gasteiger partial charge in [-0.1, -0.05) is 29.5 Å². The molecule has 0 aliphatic rings. The highest BCUT2D eigenvalue weighted by Crippen LogP contribution is 2.29. The van der Waals surface area contributed by atoms with Crippen LogP contribution >= 0.6 is 22.7 Å². The molecule has 3 heterocycles. The number of rotatable bonds is 5. The number of alkyl halides is 3. The molecule has 0 amide bonds. The van der Waals surface area contributed by atoms with Crippen LogP contribution < -0.4 is 10.1 Å². The van der Waals surface area contributed by atoms with Crippen LogP contribution in [0.3, 0.4) is 0 Å². The van der Waals surface area contributed by atoms with Crippen LogP contribution in [0.5, 0.6) is 5.75 Å². The van der Waals surface area contributed by atoms with E-state index in [9.17, 15) is 13.2 Å². The maximum atomic E-state index is 12.4. The lowest BCUT2D eigenvalue weighted by molar-refractivity contribution is -0.274. The third-order valence-corrected chi connectivity index (χ3v) is 5.16. The lowest BCUT2D eigenvalue weighted by atomic mass is 10.1. The summed E-state index contributed by atoms with van der Waals surface area (Å²) in [7, 11) is 0. The molecule has 4 rings (SSSR count). The van der Waals surface area contributed by atoms with Gasteiger partial charge < -0.3 is 10.1 Å². The second kappa shape index (κ2) is 6.61. The summed E-state index contributed by atoms with van der Waals surface area (Å²) < 4.78 is 42.6. The number of halogens is 3. The van der Waals surface area contributed by atoms with Crippen molar-refractivity contribution in [2.45, 2.75) is 12.9 Å². The van der Waals surface area contributed by atoms with Crippen molar-refractivity contribution in [3.8, 4) is 17.0 Å². The Labute approximate surface area is 153 Å². The zero-order chi connectivity index (χ0) is 18.1. The lowest BCUT2D eigenvalue weighted by Gasteiger charge is -2.09. The summed E-state index contributed by atoms with van der Waals surface area (Å²) in [4.78, 5) is 6.27. The number of nitrogens with zero attached hydrogens (tertiary/aromatic N) is 3. The van der Waals surface area contributed by atoms with Gasteiger partial charge in [0.05, 0.1) is 18.4 Å². The quantitative estimate of drug-likeness (QED) is 0.514. The SMILES string of the molecule is FC(F)(F)Oc1cccc(-c2cn3nc(NCc4cccs4)sc3n2)c1. The largest absolute Gasteiger partial charge is 0.573 e. The maximum Gasteiger partial charge on any atom is 0.573 e. The molecule has 0 radical (unpaired) electrons. The van der Waals surface area contributed by atoms with Crippen molar-refractivity contribution in [3.05, 3.63) is 52.9 Å². The molecule has 4 aromatic rings. The van der Waals surface area contributed by atoms with Gasteiger partial charge in [-0.15, -0.1) is 29.6 Å². The fraction of sp³-hybridized carbons (Fsp3) is 0.125. The Morgan fingerprint density at radius 1 is 1.19 bits per heavy atom. The molecule has 10 heteroatoms. The second-order valence-corrected chi connectivity index (χ2v) is 7.26. The van der Waals surface area contributed by atoms with Crippen molar-refractivity contribution in [1.82, 2.24) is 14.6 Å². The molecule has 0 aliphatic heterocycles. The van der Waals surface area contributed by atoms with Crippen molar-refractivity contribution in [2.75, 3.05) is 5.32 Å². The summed E-state index contributed by atoms with van der Waals surface area (Å²) in [5.74, 6) is -0.280. The molecule has 0 bridgehead atoms. The zero-order valence-corrected chi connectivity index (χ0v) is 14.7. The van der Waals surface area contributed by atoms with Crippen molar-refractivity contribution >= 4 is 32.8 Å². The first-order valence-corrected chi connectivity index (χ1v) is 9.14. The van der Waals surface area contributed by atoms with Crippen LogP contribution in [0.1, 0.15) is 4.88 Å². The molecule has 1 aromatic carbocycles. The molecule has 0 unspecified atom stereocenters. The summed E-state index contributed by atoms with van der Waals surface area (Å²) in [5.41, 5.74) is 1.05. The molecule has 134 valence electrons. The molecule has 5 nitrogen and oxygen atoms in total. The van der Waals surface area contributed by atoms with Gasteiger partial charge in [-0.05, 0) is 23.6 Å². The van der Waals surface area contributed by atoms with E-state index in [1.807, 2.05) is 17.5 Å². The minimum Gasteiger partial charge on any atom is -0.406 e. The van der Waals surface area contributed by atoms with Crippen LogP contribution in [0, 0.1) is 0 Å². The number of nitrogens with one attached hydrogen (secondary N) is 1. The molecular formula is C16H11F3N4OS2. The predicted molar refractivity (Wildman–Crippen MR) is 94.6 cm³/mol. The number of hydrogen-bond acceptors (Lipinski definition) is 6. The lowest BCUT2D eigenvalue weighted by Crippen LogP contribution is -2.17. The zero-order valence-electron chi connectivity index (χ0n) is 13.0. The van der Waals surface area contributed by atoms with Crippen LogP contribution in [0.25, 0.3) is 16.2 Å². The molecule has 0 saturated carbocycles. The minimum absolute atomic E-state index is 0.280. The molecule has 0 spiro atoms. The van der Waals surface area contributed by atoms with Crippen molar-refractivity contribution in [2.24, 2.45) is 0 Å². The van der Waals surface area contributed by atoms with Gasteiger partial charge >= 0.3 is 6.36 Å². The first-order chi connectivity index (χ1) is 12.5. The van der Waals surface area contributed by atoms with Crippen LogP contribution in [0.4, 0.5) is 18.3 Å². The number of hydrogen-bond donors (Lipinski definition) is 1. The highest BCUT2D eigenvalue weighted by Gasteiger charge is 2.31. The highest BCUT2D eigenvalue weighted by molar-refractivity contribution is 7.20. The van der Waals surface area contributed by atoms with Gasteiger partial charge in [-0.25, -0.2) is 9.50 Å². The van der Waals surface area contributed by atoms with Gasteiger partial charge in [0.2, 0.25) is 10.1 Å². The number of anilines is 1. The second-order valence-electron chi connectivity index (χ2n) is 5.27. The summed E-state index contributed by atoms with van der Waals surface area (Å²) in [5, 5.41) is 10.4. The van der Waals surface area contributed by atoms with Crippen LogP contribution in [-0.2, 0) is 6.54 Å². The van der Waals surface area contributed by atoms with Gasteiger partial charge in [0.15, 0.2) is 0 Å². The molecule has 1 N–H and O–H groups in total. The number of fused-ring (bicyclic) bond motifs is 1. The molecule has 0 aliphatic carbocycles. The smallest absolute Gasteiger partial charge is 0.406 e. The topological polar surface area (TPSA) is 51.5 Å². The third-order valence-electron chi connectivity index (χ3n) is 3.40. The number of aromatic nitrogens is 3. The van der Waals surface area contributed by atoms with E-state index in [0.717, 1.165) is 5.13 Å². The fourth-order valence-corrected chi connectivity index (χ4v) is 3.76. The molecule has 0 fully saturated rings. The van der Waals surface area contributed by atoms with Gasteiger partial charge in [0, 0.05) is 10.4 Å². The normalized spacial score (nSPS) is 11.8. The Morgan fingerprint density at radius 3 is 2.81 bits per heavy atom. The van der Waals surface area contributed by atoms with Crippen LogP contribution in [0.2, 0.25) is 0 Å². The first-order valence-electron chi connectivity index (χ1n) is 7.45. The minimum atomic E-state index is -4.72. The van der Waals surface area contributed by atoms with E-state index in [-0.39, 0.29) is 5.75 Å². The molecule has 3 aromatic heterocycles. The van der Waals surface area contributed by atoms with E-state index >= 15 is 0 Å². The fourth-order valence-electron chi connectivity index (χ4n) is 2.34. The van der Waals surface area contributed by atoms with E-state index in [4.69, 9.17) is 0 Å². The Balaban J connectivity index is 1.53. The summed E-state index contributed by atoms with van der Waals surface area (Å²) in [6.45, 7) is 0.679. The van der Waals surface area contributed by atoms with Crippen molar-refractivity contribution in [1.29, 1.82) is 0 Å². The van der Waals surface area contributed by atoms with E-state index in [1.165, 1.54) is 34.4 Å². The summed E-state index contributed by atoms with van der Waals surface area (Å²) >= 11 is 3.03. The van der Waals surface area contributed by atoms with Crippen LogP contribution in [-0.4, -0.2) is 21.0 Å². The van der Waals surface area contributed by atoms with E-state index < -0.39 is 6.36 Å². The van der Waals surface area contributed by atoms with Gasteiger partial charge in [0.25, 0.3) is 0 Å². The standard InChI is InChI=1S/C16H11F3N4OS2/c17-16(18,19)24-11-4-1-3-10(7-11)13-9-23-15(21-13)26-14(22-23)20-8-12-5-2-6-25-12/h1-7,9H,8H2,(H,20,22). The van der Waals surface area contributed by atoms with Crippen LogP contribution in [0.15, 0.2) is 48.0 Å². The first kappa shape index (κ1) is 16.9. The molecule has 0 atom stereocenters. The monoisotopic (exact) mass is 396 g/mol. The summed E-state index contributed by atoms with van der Waals surface area (Å²) in [6.07, 6.45) is -3.05. The predicted octanol–water partition coefficient (Wildman–Crippen LogP) is 5.03. The van der Waals surface area contributed by atoms with E-state index in [1.54, 1.807) is 28.1 Å². The Morgan fingerprint density at radius 2 is 2.08 bits per heavy atom. The number of benzene rings is 1. The van der Waals surface area contributed by atoms with Gasteiger partial charge in [-0.2, -0.15) is 0 Å². The highest BCUT2D eigenvalue weighted by atomic mass is 32.1. The van der Waals surface area contributed by atoms with Crippen molar-refractivity contribution in [3.63, 3.8) is 0 Å². The third kappa shape index (κ3) is 3.81. The summed E-state index contributed by atoms with van der Waals surface area (Å²) in [6, 6.07) is 9.73.